The van der Waals surface area contributed by atoms with Gasteiger partial charge in [-0.1, -0.05) is 20.8 Å². The molecule has 0 aliphatic rings. The van der Waals surface area contributed by atoms with E-state index in [4.69, 9.17) is 5.11 Å². The van der Waals surface area contributed by atoms with Gasteiger partial charge in [0, 0.05) is 6.04 Å². The lowest BCUT2D eigenvalue weighted by molar-refractivity contribution is 0.193. The molecule has 0 spiro atoms. The fourth-order valence-corrected chi connectivity index (χ4v) is 0.443. The van der Waals surface area contributed by atoms with Crippen LogP contribution in [0.1, 0.15) is 27.7 Å². The Hall–Kier alpha value is -0.0800. The quantitative estimate of drug-likeness (QED) is 0.547. The molecule has 2 nitrogen and oxygen atoms in total. The maximum atomic E-state index is 8.49. The number of hydrogen-bond acceptors (Lipinski definition) is 2. The molecule has 0 fully saturated rings. The second kappa shape index (κ2) is 3.18. The molecule has 9 heavy (non-hydrogen) atoms. The minimum absolute atomic E-state index is 0.0679. The summed E-state index contributed by atoms with van der Waals surface area (Å²) < 4.78 is 0. The van der Waals surface area contributed by atoms with Gasteiger partial charge in [-0.3, -0.25) is 5.32 Å². The number of rotatable bonds is 2. The molecule has 0 aliphatic carbocycles. The van der Waals surface area contributed by atoms with Crippen molar-refractivity contribution in [2.75, 3.05) is 6.73 Å². The zero-order valence-electron chi connectivity index (χ0n) is 6.73. The largest absolute Gasteiger partial charge is 0.381 e. The fourth-order valence-electron chi connectivity index (χ4n) is 0.443. The Morgan fingerprint density at radius 1 is 1.44 bits per heavy atom. The Bertz CT molecular complexity index is 75.5. The molecular formula is C7H17NO. The van der Waals surface area contributed by atoms with Crippen molar-refractivity contribution in [2.45, 2.75) is 33.7 Å². The van der Waals surface area contributed by atoms with Crippen LogP contribution in [0, 0.1) is 5.41 Å². The summed E-state index contributed by atoms with van der Waals surface area (Å²) in [4.78, 5) is 0. The van der Waals surface area contributed by atoms with Gasteiger partial charge in [-0.2, -0.15) is 0 Å². The topological polar surface area (TPSA) is 32.3 Å². The highest BCUT2D eigenvalue weighted by Crippen LogP contribution is 2.17. The van der Waals surface area contributed by atoms with Crippen molar-refractivity contribution in [2.24, 2.45) is 5.41 Å². The maximum absolute atomic E-state index is 8.49. The van der Waals surface area contributed by atoms with E-state index in [0.29, 0.717) is 6.04 Å². The Balaban J connectivity index is 3.59. The Labute approximate surface area is 57.3 Å². The van der Waals surface area contributed by atoms with Gasteiger partial charge in [0.05, 0.1) is 6.73 Å². The molecule has 0 bridgehead atoms. The first kappa shape index (κ1) is 8.92. The number of aliphatic hydroxyl groups is 1. The summed E-state index contributed by atoms with van der Waals surface area (Å²) in [5.74, 6) is 0. The number of hydrogen-bond donors (Lipinski definition) is 2. The van der Waals surface area contributed by atoms with Crippen LogP contribution in [0.15, 0.2) is 0 Å². The molecule has 56 valence electrons. The Morgan fingerprint density at radius 3 is 2.00 bits per heavy atom. The molecule has 0 radical (unpaired) electrons. The second-order valence-electron chi connectivity index (χ2n) is 3.45. The van der Waals surface area contributed by atoms with Gasteiger partial charge in [0.15, 0.2) is 0 Å². The van der Waals surface area contributed by atoms with E-state index < -0.39 is 0 Å². The molecule has 1 unspecified atom stereocenters. The van der Waals surface area contributed by atoms with Crippen molar-refractivity contribution in [3.63, 3.8) is 0 Å². The Kier molecular flexibility index (Phi) is 3.15. The predicted octanol–water partition coefficient (Wildman–Crippen LogP) is 0.960. The van der Waals surface area contributed by atoms with Gasteiger partial charge in [0.25, 0.3) is 0 Å². The summed E-state index contributed by atoms with van der Waals surface area (Å²) in [5, 5.41) is 11.4. The molecular weight excluding hydrogens is 114 g/mol. The summed E-state index contributed by atoms with van der Waals surface area (Å²) in [6.07, 6.45) is 0. The summed E-state index contributed by atoms with van der Waals surface area (Å²) in [6, 6.07) is 0.363. The van der Waals surface area contributed by atoms with Crippen LogP contribution in [-0.4, -0.2) is 17.9 Å². The molecule has 0 aromatic carbocycles. The molecule has 2 N–H and O–H groups in total. The summed E-state index contributed by atoms with van der Waals surface area (Å²) in [6.45, 7) is 8.55. The third kappa shape index (κ3) is 3.49. The molecule has 0 heterocycles. The number of aliphatic hydroxyl groups excluding tert-OH is 1. The van der Waals surface area contributed by atoms with E-state index in [9.17, 15) is 0 Å². The van der Waals surface area contributed by atoms with Crippen LogP contribution in [0.4, 0.5) is 0 Å². The average molecular weight is 131 g/mol. The van der Waals surface area contributed by atoms with E-state index in [1.165, 1.54) is 0 Å². The zero-order valence-corrected chi connectivity index (χ0v) is 6.73. The van der Waals surface area contributed by atoms with E-state index in [1.54, 1.807) is 0 Å². The van der Waals surface area contributed by atoms with Gasteiger partial charge < -0.3 is 5.11 Å². The molecule has 0 saturated heterocycles. The third-order valence-corrected chi connectivity index (χ3v) is 1.70. The van der Waals surface area contributed by atoms with Crippen LogP contribution in [0.5, 0.6) is 0 Å². The highest BCUT2D eigenvalue weighted by molar-refractivity contribution is 4.74. The molecule has 0 aromatic rings. The van der Waals surface area contributed by atoms with E-state index in [1.807, 2.05) is 0 Å². The monoisotopic (exact) mass is 131 g/mol. The van der Waals surface area contributed by atoms with Gasteiger partial charge >= 0.3 is 0 Å². The van der Waals surface area contributed by atoms with Crippen molar-refractivity contribution in [1.29, 1.82) is 0 Å². The molecule has 0 aliphatic heterocycles. The lowest BCUT2D eigenvalue weighted by atomic mass is 9.88. The van der Waals surface area contributed by atoms with Crippen LogP contribution in [0.2, 0.25) is 0 Å². The van der Waals surface area contributed by atoms with Crippen molar-refractivity contribution in [3.8, 4) is 0 Å². The first-order valence-corrected chi connectivity index (χ1v) is 3.32. The van der Waals surface area contributed by atoms with Gasteiger partial charge in [0.2, 0.25) is 0 Å². The van der Waals surface area contributed by atoms with Crippen LogP contribution in [-0.2, 0) is 0 Å². The molecule has 0 amide bonds. The summed E-state index contributed by atoms with van der Waals surface area (Å²) >= 11 is 0. The molecule has 0 rings (SSSR count). The van der Waals surface area contributed by atoms with Crippen LogP contribution >= 0.6 is 0 Å². The van der Waals surface area contributed by atoms with Gasteiger partial charge in [-0.25, -0.2) is 0 Å². The second-order valence-corrected chi connectivity index (χ2v) is 3.45. The van der Waals surface area contributed by atoms with Crippen molar-refractivity contribution in [1.82, 2.24) is 5.32 Å². The van der Waals surface area contributed by atoms with E-state index in [0.717, 1.165) is 0 Å². The first-order valence-electron chi connectivity index (χ1n) is 3.32. The van der Waals surface area contributed by atoms with Crippen LogP contribution in [0.25, 0.3) is 0 Å². The van der Waals surface area contributed by atoms with Gasteiger partial charge in [0.1, 0.15) is 0 Å². The molecule has 2 heteroatoms. The van der Waals surface area contributed by atoms with Gasteiger partial charge in [-0.15, -0.1) is 0 Å². The third-order valence-electron chi connectivity index (χ3n) is 1.70. The standard InChI is InChI=1S/C7H17NO/c1-6(8-5-9)7(2,3)4/h6,8-9H,5H2,1-4H3. The van der Waals surface area contributed by atoms with Gasteiger partial charge in [-0.05, 0) is 12.3 Å². The molecule has 0 aromatic heterocycles. The lowest BCUT2D eigenvalue weighted by Crippen LogP contribution is -2.37. The number of nitrogens with one attached hydrogen (secondary N) is 1. The highest BCUT2D eigenvalue weighted by atomic mass is 16.3. The van der Waals surface area contributed by atoms with Crippen LogP contribution in [0.3, 0.4) is 0 Å². The average Bonchev–Trinajstić information content (AvgIpc) is 1.64. The first-order chi connectivity index (χ1) is 3.98. The predicted molar refractivity (Wildman–Crippen MR) is 39.1 cm³/mol. The van der Waals surface area contributed by atoms with Crippen molar-refractivity contribution >= 4 is 0 Å². The smallest absolute Gasteiger partial charge is 0.0933 e. The van der Waals surface area contributed by atoms with Crippen molar-refractivity contribution in [3.05, 3.63) is 0 Å². The van der Waals surface area contributed by atoms with Crippen molar-refractivity contribution < 1.29 is 5.11 Å². The SMILES string of the molecule is CC(NCO)C(C)(C)C. The summed E-state index contributed by atoms with van der Waals surface area (Å²) in [7, 11) is 0. The fraction of sp³-hybridized carbons (Fsp3) is 1.00. The van der Waals surface area contributed by atoms with E-state index in [2.05, 4.69) is 33.0 Å². The normalized spacial score (nSPS) is 15.7. The summed E-state index contributed by atoms with van der Waals surface area (Å²) in [5.41, 5.74) is 0.239. The zero-order chi connectivity index (χ0) is 7.49. The molecule has 0 saturated carbocycles. The van der Waals surface area contributed by atoms with E-state index >= 15 is 0 Å². The van der Waals surface area contributed by atoms with E-state index in [-0.39, 0.29) is 12.1 Å². The molecule has 1 atom stereocenters. The highest BCUT2D eigenvalue weighted by Gasteiger charge is 2.18. The lowest BCUT2D eigenvalue weighted by Gasteiger charge is -2.27. The Morgan fingerprint density at radius 2 is 1.89 bits per heavy atom. The maximum Gasteiger partial charge on any atom is 0.0933 e. The minimum Gasteiger partial charge on any atom is -0.381 e. The van der Waals surface area contributed by atoms with Crippen LogP contribution < -0.4 is 5.32 Å². The minimum atomic E-state index is 0.0679.